The van der Waals surface area contributed by atoms with E-state index in [-0.39, 0.29) is 12.1 Å². The molecule has 1 saturated heterocycles. The van der Waals surface area contributed by atoms with Gasteiger partial charge in [-0.1, -0.05) is 13.8 Å². The number of halogens is 1. The van der Waals surface area contributed by atoms with Crippen molar-refractivity contribution < 1.29 is 4.74 Å². The minimum Gasteiger partial charge on any atom is -0.376 e. The standard InChI is InChI=1S/C15H26BrN3O/c1-5-7-17-13(15-11(4)6-8-20-15)14-12(16)9-18-19(14)10(2)3/h9-11,13,15,17H,5-8H2,1-4H3. The van der Waals surface area contributed by atoms with Gasteiger partial charge in [0.1, 0.15) is 0 Å². The first kappa shape index (κ1) is 16.0. The molecule has 3 unspecified atom stereocenters. The number of ether oxygens (including phenoxy) is 1. The van der Waals surface area contributed by atoms with Gasteiger partial charge < -0.3 is 10.1 Å². The highest BCUT2D eigenvalue weighted by atomic mass is 79.9. The molecule has 4 nitrogen and oxygen atoms in total. The molecule has 1 aromatic rings. The third kappa shape index (κ3) is 3.26. The van der Waals surface area contributed by atoms with Crippen LogP contribution < -0.4 is 5.32 Å². The van der Waals surface area contributed by atoms with Gasteiger partial charge in [0.2, 0.25) is 0 Å². The SMILES string of the molecule is CCCNC(c1c(Br)cnn1C(C)C)C1OCCC1C. The van der Waals surface area contributed by atoms with Gasteiger partial charge in [0.15, 0.2) is 0 Å². The van der Waals surface area contributed by atoms with E-state index in [4.69, 9.17) is 4.74 Å². The molecule has 0 aromatic carbocycles. The number of rotatable bonds is 6. The lowest BCUT2D eigenvalue weighted by atomic mass is 9.95. The first-order chi connectivity index (χ1) is 9.56. The molecule has 5 heteroatoms. The van der Waals surface area contributed by atoms with Crippen LogP contribution in [0.15, 0.2) is 10.7 Å². The van der Waals surface area contributed by atoms with Gasteiger partial charge >= 0.3 is 0 Å². The van der Waals surface area contributed by atoms with E-state index in [9.17, 15) is 0 Å². The molecule has 114 valence electrons. The van der Waals surface area contributed by atoms with Crippen molar-refractivity contribution in [3.63, 3.8) is 0 Å². The molecule has 0 bridgehead atoms. The molecule has 20 heavy (non-hydrogen) atoms. The fraction of sp³-hybridized carbons (Fsp3) is 0.800. The van der Waals surface area contributed by atoms with E-state index in [2.05, 4.69) is 58.7 Å². The van der Waals surface area contributed by atoms with E-state index in [1.807, 2.05) is 6.20 Å². The Bertz CT molecular complexity index is 433. The first-order valence-corrected chi connectivity index (χ1v) is 8.43. The minimum atomic E-state index is 0.201. The third-order valence-corrected chi connectivity index (χ3v) is 4.57. The lowest BCUT2D eigenvalue weighted by Crippen LogP contribution is -2.37. The fourth-order valence-corrected chi connectivity index (χ4v) is 3.38. The lowest BCUT2D eigenvalue weighted by Gasteiger charge is -2.29. The number of aromatic nitrogens is 2. The summed E-state index contributed by atoms with van der Waals surface area (Å²) in [6.45, 7) is 10.7. The Kier molecular flexibility index (Phi) is 5.64. The predicted molar refractivity (Wildman–Crippen MR) is 84.9 cm³/mol. The van der Waals surface area contributed by atoms with Gasteiger partial charge in [-0.15, -0.1) is 0 Å². The van der Waals surface area contributed by atoms with Gasteiger partial charge in [-0.3, -0.25) is 4.68 Å². The maximum absolute atomic E-state index is 6.01. The van der Waals surface area contributed by atoms with Crippen LogP contribution in [0.2, 0.25) is 0 Å². The average Bonchev–Trinajstić information content (AvgIpc) is 2.98. The van der Waals surface area contributed by atoms with E-state index in [1.54, 1.807) is 0 Å². The van der Waals surface area contributed by atoms with Crippen LogP contribution in [0.25, 0.3) is 0 Å². The van der Waals surface area contributed by atoms with Crippen LogP contribution in [0, 0.1) is 5.92 Å². The smallest absolute Gasteiger partial charge is 0.0811 e. The monoisotopic (exact) mass is 343 g/mol. The van der Waals surface area contributed by atoms with Gasteiger partial charge in [-0.25, -0.2) is 0 Å². The van der Waals surface area contributed by atoms with Gasteiger partial charge in [0.05, 0.1) is 28.5 Å². The molecule has 0 spiro atoms. The number of nitrogens with zero attached hydrogens (tertiary/aromatic N) is 2. The first-order valence-electron chi connectivity index (χ1n) is 7.64. The summed E-state index contributed by atoms with van der Waals surface area (Å²) in [6, 6.07) is 0.547. The topological polar surface area (TPSA) is 39.1 Å². The molecule has 0 amide bonds. The minimum absolute atomic E-state index is 0.201. The molecule has 1 N–H and O–H groups in total. The molecule has 2 rings (SSSR count). The summed E-state index contributed by atoms with van der Waals surface area (Å²) in [5, 5.41) is 8.18. The van der Waals surface area contributed by atoms with E-state index in [1.165, 1.54) is 5.69 Å². The Morgan fingerprint density at radius 1 is 1.55 bits per heavy atom. The Morgan fingerprint density at radius 3 is 2.85 bits per heavy atom. The summed E-state index contributed by atoms with van der Waals surface area (Å²) >= 11 is 3.67. The van der Waals surface area contributed by atoms with Crippen molar-refractivity contribution in [3.05, 3.63) is 16.4 Å². The zero-order valence-corrected chi connectivity index (χ0v) is 14.5. The van der Waals surface area contributed by atoms with E-state index < -0.39 is 0 Å². The van der Waals surface area contributed by atoms with Crippen molar-refractivity contribution >= 4 is 15.9 Å². The molecule has 0 saturated carbocycles. The van der Waals surface area contributed by atoms with E-state index >= 15 is 0 Å². The van der Waals surface area contributed by atoms with Crippen molar-refractivity contribution in [2.45, 2.75) is 58.7 Å². The fourth-order valence-electron chi connectivity index (χ4n) is 2.86. The second-order valence-corrected chi connectivity index (χ2v) is 6.80. The van der Waals surface area contributed by atoms with Crippen LogP contribution in [-0.2, 0) is 4.74 Å². The van der Waals surface area contributed by atoms with Crippen LogP contribution in [0.3, 0.4) is 0 Å². The van der Waals surface area contributed by atoms with Gasteiger partial charge in [0, 0.05) is 12.6 Å². The second kappa shape index (κ2) is 7.05. The number of nitrogens with one attached hydrogen (secondary N) is 1. The van der Waals surface area contributed by atoms with E-state index in [0.717, 1.165) is 30.5 Å². The molecular weight excluding hydrogens is 318 g/mol. The Labute approximate surface area is 130 Å². The van der Waals surface area contributed by atoms with Crippen LogP contribution >= 0.6 is 15.9 Å². The van der Waals surface area contributed by atoms with Crippen LogP contribution in [0.1, 0.15) is 58.3 Å². The highest BCUT2D eigenvalue weighted by Gasteiger charge is 2.36. The van der Waals surface area contributed by atoms with Crippen LogP contribution in [0.5, 0.6) is 0 Å². The molecule has 2 heterocycles. The Balaban J connectivity index is 2.32. The summed E-state index contributed by atoms with van der Waals surface area (Å²) in [7, 11) is 0. The normalized spacial score (nSPS) is 24.5. The predicted octanol–water partition coefficient (Wildman–Crippen LogP) is 3.69. The molecule has 1 aliphatic heterocycles. The molecular formula is C15H26BrN3O. The zero-order valence-electron chi connectivity index (χ0n) is 12.9. The lowest BCUT2D eigenvalue weighted by molar-refractivity contribution is 0.0573. The molecule has 3 atom stereocenters. The molecule has 1 fully saturated rings. The van der Waals surface area contributed by atoms with Crippen molar-refractivity contribution in [2.75, 3.05) is 13.2 Å². The van der Waals surface area contributed by atoms with Crippen molar-refractivity contribution in [3.8, 4) is 0 Å². The second-order valence-electron chi connectivity index (χ2n) is 5.95. The maximum Gasteiger partial charge on any atom is 0.0811 e. The van der Waals surface area contributed by atoms with Crippen LogP contribution in [-0.4, -0.2) is 29.0 Å². The van der Waals surface area contributed by atoms with Gasteiger partial charge in [0.25, 0.3) is 0 Å². The maximum atomic E-state index is 6.01. The molecule has 1 aromatic heterocycles. The Hall–Kier alpha value is -0.390. The molecule has 0 aliphatic carbocycles. The molecule has 0 radical (unpaired) electrons. The average molecular weight is 344 g/mol. The van der Waals surface area contributed by atoms with Crippen molar-refractivity contribution in [1.82, 2.24) is 15.1 Å². The van der Waals surface area contributed by atoms with Gasteiger partial charge in [-0.05, 0) is 55.1 Å². The van der Waals surface area contributed by atoms with Crippen molar-refractivity contribution in [1.29, 1.82) is 0 Å². The molecule has 1 aliphatic rings. The highest BCUT2D eigenvalue weighted by Crippen LogP contribution is 2.35. The largest absolute Gasteiger partial charge is 0.376 e. The quantitative estimate of drug-likeness (QED) is 0.855. The summed E-state index contributed by atoms with van der Waals surface area (Å²) in [4.78, 5) is 0. The number of hydrogen-bond acceptors (Lipinski definition) is 3. The Morgan fingerprint density at radius 2 is 2.30 bits per heavy atom. The summed E-state index contributed by atoms with van der Waals surface area (Å²) in [5.41, 5.74) is 1.22. The highest BCUT2D eigenvalue weighted by molar-refractivity contribution is 9.10. The summed E-state index contributed by atoms with van der Waals surface area (Å²) < 4.78 is 9.19. The van der Waals surface area contributed by atoms with E-state index in [0.29, 0.717) is 12.0 Å². The number of hydrogen-bond donors (Lipinski definition) is 1. The van der Waals surface area contributed by atoms with Gasteiger partial charge in [-0.2, -0.15) is 5.10 Å². The van der Waals surface area contributed by atoms with Crippen LogP contribution in [0.4, 0.5) is 0 Å². The van der Waals surface area contributed by atoms with Crippen molar-refractivity contribution in [2.24, 2.45) is 5.92 Å². The summed E-state index contributed by atoms with van der Waals surface area (Å²) in [5.74, 6) is 0.576. The zero-order chi connectivity index (χ0) is 14.7. The summed E-state index contributed by atoms with van der Waals surface area (Å²) in [6.07, 6.45) is 4.38. The third-order valence-electron chi connectivity index (χ3n) is 3.96.